The van der Waals surface area contributed by atoms with E-state index < -0.39 is 10.8 Å². The molecule has 0 spiro atoms. The van der Waals surface area contributed by atoms with E-state index in [1.54, 1.807) is 18.4 Å². The number of nitrogens with two attached hydrogens (primary N) is 1. The smallest absolute Gasteiger partial charge is 0.274 e. The SMILES string of the molecule is NC(=O)c1ccc(CN(Cc2ccco2)C2CCCC2)c([N+](=O)[O-])c1. The third kappa shape index (κ3) is 4.06. The molecule has 1 aliphatic rings. The van der Waals surface area contributed by atoms with Crippen molar-refractivity contribution in [3.63, 3.8) is 0 Å². The fourth-order valence-corrected chi connectivity index (χ4v) is 3.43. The molecule has 2 N–H and O–H groups in total. The number of furan rings is 1. The number of nitro groups is 1. The maximum atomic E-state index is 11.4. The number of amides is 1. The lowest BCUT2D eigenvalue weighted by Crippen LogP contribution is -2.32. The topological polar surface area (TPSA) is 103 Å². The summed E-state index contributed by atoms with van der Waals surface area (Å²) in [5.74, 6) is 0.168. The van der Waals surface area contributed by atoms with Gasteiger partial charge >= 0.3 is 0 Å². The van der Waals surface area contributed by atoms with E-state index in [-0.39, 0.29) is 11.3 Å². The highest BCUT2D eigenvalue weighted by Crippen LogP contribution is 2.29. The second-order valence-electron chi connectivity index (χ2n) is 6.39. The normalized spacial score (nSPS) is 14.9. The second-order valence-corrected chi connectivity index (χ2v) is 6.39. The van der Waals surface area contributed by atoms with E-state index in [1.165, 1.54) is 18.9 Å². The summed E-state index contributed by atoms with van der Waals surface area (Å²) in [6.45, 7) is 1.03. The first-order chi connectivity index (χ1) is 12.0. The molecule has 0 atom stereocenters. The van der Waals surface area contributed by atoms with Crippen LogP contribution in [0.15, 0.2) is 41.0 Å². The van der Waals surface area contributed by atoms with Crippen molar-refractivity contribution in [2.45, 2.75) is 44.8 Å². The molecule has 0 radical (unpaired) electrons. The number of hydrogen-bond donors (Lipinski definition) is 1. The summed E-state index contributed by atoms with van der Waals surface area (Å²) in [4.78, 5) is 24.5. The maximum Gasteiger partial charge on any atom is 0.274 e. The van der Waals surface area contributed by atoms with Crippen LogP contribution in [-0.4, -0.2) is 21.8 Å². The quantitative estimate of drug-likeness (QED) is 0.614. The van der Waals surface area contributed by atoms with Crippen LogP contribution >= 0.6 is 0 Å². The monoisotopic (exact) mass is 343 g/mol. The van der Waals surface area contributed by atoms with Crippen LogP contribution in [0.5, 0.6) is 0 Å². The molecule has 7 heteroatoms. The standard InChI is InChI=1S/C18H21N3O4/c19-18(22)13-7-8-14(17(10-13)21(23)24)11-20(15-4-1-2-5-15)12-16-6-3-9-25-16/h3,6-10,15H,1-2,4-5,11-12H2,(H2,19,22). The van der Waals surface area contributed by atoms with Crippen molar-refractivity contribution in [3.05, 3.63) is 63.6 Å². The molecule has 1 amide bonds. The van der Waals surface area contributed by atoms with E-state index in [9.17, 15) is 14.9 Å². The van der Waals surface area contributed by atoms with E-state index in [1.807, 2.05) is 12.1 Å². The molecule has 25 heavy (non-hydrogen) atoms. The zero-order chi connectivity index (χ0) is 17.8. The van der Waals surface area contributed by atoms with Gasteiger partial charge in [0.25, 0.3) is 5.69 Å². The van der Waals surface area contributed by atoms with Gasteiger partial charge < -0.3 is 10.2 Å². The van der Waals surface area contributed by atoms with E-state index in [0.717, 1.165) is 18.6 Å². The summed E-state index contributed by atoms with van der Waals surface area (Å²) in [5, 5.41) is 11.4. The van der Waals surface area contributed by atoms with Gasteiger partial charge in [-0.05, 0) is 31.0 Å². The summed E-state index contributed by atoms with van der Waals surface area (Å²) in [7, 11) is 0. The van der Waals surface area contributed by atoms with Crippen molar-refractivity contribution in [1.82, 2.24) is 4.90 Å². The first-order valence-electron chi connectivity index (χ1n) is 8.38. The van der Waals surface area contributed by atoms with Crippen LogP contribution in [0.1, 0.15) is 47.4 Å². The molecule has 0 bridgehead atoms. The van der Waals surface area contributed by atoms with Crippen molar-refractivity contribution in [2.24, 2.45) is 5.73 Å². The molecule has 1 heterocycles. The third-order valence-electron chi connectivity index (χ3n) is 4.72. The average Bonchev–Trinajstić information content (AvgIpc) is 3.27. The van der Waals surface area contributed by atoms with Crippen LogP contribution in [0.3, 0.4) is 0 Å². The van der Waals surface area contributed by atoms with Crippen LogP contribution in [-0.2, 0) is 13.1 Å². The minimum atomic E-state index is -0.669. The first-order valence-corrected chi connectivity index (χ1v) is 8.38. The van der Waals surface area contributed by atoms with Gasteiger partial charge in [0.05, 0.1) is 17.7 Å². The molecular weight excluding hydrogens is 322 g/mol. The van der Waals surface area contributed by atoms with Crippen LogP contribution in [0.25, 0.3) is 0 Å². The van der Waals surface area contributed by atoms with Crippen LogP contribution in [0.2, 0.25) is 0 Å². The molecule has 1 saturated carbocycles. The molecule has 3 rings (SSSR count). The number of hydrogen-bond acceptors (Lipinski definition) is 5. The van der Waals surface area contributed by atoms with Crippen LogP contribution < -0.4 is 5.73 Å². The number of rotatable bonds is 7. The predicted octanol–water partition coefficient (Wildman–Crippen LogP) is 3.23. The Hall–Kier alpha value is -2.67. The molecule has 2 aromatic rings. The largest absolute Gasteiger partial charge is 0.468 e. The Balaban J connectivity index is 1.87. The molecule has 1 aromatic heterocycles. The molecule has 1 aromatic carbocycles. The molecule has 1 fully saturated rings. The van der Waals surface area contributed by atoms with E-state index in [4.69, 9.17) is 10.2 Å². The van der Waals surface area contributed by atoms with E-state index >= 15 is 0 Å². The van der Waals surface area contributed by atoms with E-state index in [0.29, 0.717) is 24.7 Å². The number of benzene rings is 1. The zero-order valence-electron chi connectivity index (χ0n) is 13.9. The van der Waals surface area contributed by atoms with Gasteiger partial charge in [-0.15, -0.1) is 0 Å². The summed E-state index contributed by atoms with van der Waals surface area (Å²) >= 11 is 0. The molecule has 0 saturated heterocycles. The highest BCUT2D eigenvalue weighted by Gasteiger charge is 2.26. The number of carbonyl (C=O) groups is 1. The van der Waals surface area contributed by atoms with Gasteiger partial charge in [-0.1, -0.05) is 18.9 Å². The molecule has 0 aliphatic heterocycles. The van der Waals surface area contributed by atoms with Gasteiger partial charge in [-0.2, -0.15) is 0 Å². The molecule has 1 aliphatic carbocycles. The summed E-state index contributed by atoms with van der Waals surface area (Å²) in [6.07, 6.45) is 6.12. The Morgan fingerprint density at radius 3 is 2.64 bits per heavy atom. The van der Waals surface area contributed by atoms with Crippen molar-refractivity contribution in [3.8, 4) is 0 Å². The number of nitrogens with zero attached hydrogens (tertiary/aromatic N) is 2. The fraction of sp³-hybridized carbons (Fsp3) is 0.389. The van der Waals surface area contributed by atoms with Gasteiger partial charge in [0.1, 0.15) is 5.76 Å². The van der Waals surface area contributed by atoms with Crippen molar-refractivity contribution in [1.29, 1.82) is 0 Å². The Labute approximate surface area is 145 Å². The molecule has 7 nitrogen and oxygen atoms in total. The molecule has 0 unspecified atom stereocenters. The minimum Gasteiger partial charge on any atom is -0.468 e. The summed E-state index contributed by atoms with van der Waals surface area (Å²) in [5.41, 5.74) is 5.89. The predicted molar refractivity (Wildman–Crippen MR) is 91.8 cm³/mol. The number of carbonyl (C=O) groups excluding carboxylic acids is 1. The van der Waals surface area contributed by atoms with Crippen molar-refractivity contribution >= 4 is 11.6 Å². The highest BCUT2D eigenvalue weighted by atomic mass is 16.6. The maximum absolute atomic E-state index is 11.4. The Morgan fingerprint density at radius 2 is 2.04 bits per heavy atom. The summed E-state index contributed by atoms with van der Waals surface area (Å²) < 4.78 is 5.45. The number of primary amides is 1. The molecular formula is C18H21N3O4. The lowest BCUT2D eigenvalue weighted by Gasteiger charge is -2.28. The highest BCUT2D eigenvalue weighted by molar-refractivity contribution is 5.93. The van der Waals surface area contributed by atoms with Crippen molar-refractivity contribution < 1.29 is 14.1 Å². The minimum absolute atomic E-state index is 0.0706. The van der Waals surface area contributed by atoms with Gasteiger partial charge in [-0.25, -0.2) is 0 Å². The van der Waals surface area contributed by atoms with Crippen molar-refractivity contribution in [2.75, 3.05) is 0 Å². The molecule has 132 valence electrons. The Kier molecular flexibility index (Phi) is 5.14. The number of nitro benzene ring substituents is 1. The zero-order valence-corrected chi connectivity index (χ0v) is 13.9. The van der Waals surface area contributed by atoms with Gasteiger partial charge in [0.2, 0.25) is 5.91 Å². The van der Waals surface area contributed by atoms with Gasteiger partial charge in [-0.3, -0.25) is 19.8 Å². The summed E-state index contributed by atoms with van der Waals surface area (Å²) in [6, 6.07) is 8.56. The van der Waals surface area contributed by atoms with Gasteiger partial charge in [0, 0.05) is 29.8 Å². The fourth-order valence-electron chi connectivity index (χ4n) is 3.43. The van der Waals surface area contributed by atoms with Crippen LogP contribution in [0.4, 0.5) is 5.69 Å². The second kappa shape index (κ2) is 7.48. The van der Waals surface area contributed by atoms with Gasteiger partial charge in [0.15, 0.2) is 0 Å². The van der Waals surface area contributed by atoms with Crippen LogP contribution in [0, 0.1) is 10.1 Å². The third-order valence-corrected chi connectivity index (χ3v) is 4.72. The lowest BCUT2D eigenvalue weighted by molar-refractivity contribution is -0.385. The first kappa shape index (κ1) is 17.2. The Morgan fingerprint density at radius 1 is 1.28 bits per heavy atom. The average molecular weight is 343 g/mol. The Bertz CT molecular complexity index is 752. The lowest BCUT2D eigenvalue weighted by atomic mass is 10.1. The van der Waals surface area contributed by atoms with E-state index in [2.05, 4.69) is 4.90 Å².